The molecule has 3 saturated heterocycles. The van der Waals surface area contributed by atoms with Crippen molar-refractivity contribution in [2.24, 2.45) is 5.73 Å². The van der Waals surface area contributed by atoms with Gasteiger partial charge in [0.2, 0.25) is 0 Å². The number of nitrogens with one attached hydrogen (secondary N) is 1. The van der Waals surface area contributed by atoms with E-state index >= 15 is 0 Å². The Bertz CT molecular complexity index is 1310. The van der Waals surface area contributed by atoms with E-state index in [1.807, 2.05) is 30.3 Å². The second kappa shape index (κ2) is 12.4. The SMILES string of the molecule is CN1CCN(C2CCN(c3ccc(Nc4nc(N5CCCCC5)c(-c5ccccc5)nc4C(N)=O)cc3)CC2)CC1. The summed E-state index contributed by atoms with van der Waals surface area (Å²) in [6, 6.07) is 19.0. The highest BCUT2D eigenvalue weighted by molar-refractivity contribution is 5.97. The maximum absolute atomic E-state index is 12.6. The van der Waals surface area contributed by atoms with E-state index in [1.165, 1.54) is 51.1 Å². The Morgan fingerprint density at radius 3 is 2.15 bits per heavy atom. The highest BCUT2D eigenvalue weighted by Gasteiger charge is 2.27. The number of piperidine rings is 2. The summed E-state index contributed by atoms with van der Waals surface area (Å²) in [6.45, 7) is 8.69. The third-order valence-electron chi connectivity index (χ3n) is 8.83. The van der Waals surface area contributed by atoms with Crippen LogP contribution >= 0.6 is 0 Å². The predicted octanol–water partition coefficient (Wildman–Crippen LogP) is 4.19. The van der Waals surface area contributed by atoms with E-state index in [-0.39, 0.29) is 5.69 Å². The lowest BCUT2D eigenvalue weighted by atomic mass is 10.0. The number of rotatable bonds is 7. The molecule has 6 rings (SSSR count). The second-order valence-electron chi connectivity index (χ2n) is 11.6. The summed E-state index contributed by atoms with van der Waals surface area (Å²) >= 11 is 0. The largest absolute Gasteiger partial charge is 0.371 e. The van der Waals surface area contributed by atoms with E-state index < -0.39 is 5.91 Å². The maximum Gasteiger partial charge on any atom is 0.271 e. The molecule has 0 spiro atoms. The normalized spacial score (nSPS) is 19.3. The Morgan fingerprint density at radius 2 is 1.49 bits per heavy atom. The van der Waals surface area contributed by atoms with E-state index in [9.17, 15) is 4.79 Å². The average molecular weight is 555 g/mol. The molecule has 0 atom stereocenters. The van der Waals surface area contributed by atoms with Gasteiger partial charge in [-0.2, -0.15) is 0 Å². The molecule has 41 heavy (non-hydrogen) atoms. The number of likely N-dealkylation sites (N-methyl/N-ethyl adjacent to an activating group) is 1. The van der Waals surface area contributed by atoms with Crippen LogP contribution in [0.25, 0.3) is 11.3 Å². The highest BCUT2D eigenvalue weighted by Crippen LogP contribution is 2.33. The smallest absolute Gasteiger partial charge is 0.271 e. The Balaban J connectivity index is 1.19. The fourth-order valence-electron chi connectivity index (χ4n) is 6.37. The van der Waals surface area contributed by atoms with Gasteiger partial charge in [-0.05, 0) is 63.4 Å². The number of nitrogens with zero attached hydrogens (tertiary/aromatic N) is 6. The molecule has 0 radical (unpaired) electrons. The van der Waals surface area contributed by atoms with Crippen molar-refractivity contribution in [3.05, 3.63) is 60.3 Å². The molecule has 216 valence electrons. The van der Waals surface area contributed by atoms with Crippen LogP contribution < -0.4 is 20.9 Å². The van der Waals surface area contributed by atoms with Crippen molar-refractivity contribution >= 4 is 28.9 Å². The molecular formula is C32H42N8O. The van der Waals surface area contributed by atoms with Gasteiger partial charge in [-0.25, -0.2) is 9.97 Å². The summed E-state index contributed by atoms with van der Waals surface area (Å²) in [6.07, 6.45) is 5.85. The van der Waals surface area contributed by atoms with Crippen LogP contribution in [0.1, 0.15) is 42.6 Å². The van der Waals surface area contributed by atoms with Crippen LogP contribution in [0.5, 0.6) is 0 Å². The number of piperazine rings is 1. The molecule has 1 amide bonds. The molecule has 0 aliphatic carbocycles. The zero-order valence-electron chi connectivity index (χ0n) is 24.1. The quantitative estimate of drug-likeness (QED) is 0.449. The van der Waals surface area contributed by atoms with Crippen LogP contribution in [0.3, 0.4) is 0 Å². The summed E-state index contributed by atoms with van der Waals surface area (Å²) in [5, 5.41) is 3.37. The summed E-state index contributed by atoms with van der Waals surface area (Å²) in [7, 11) is 2.22. The van der Waals surface area contributed by atoms with E-state index in [2.05, 4.69) is 56.2 Å². The fraction of sp³-hybridized carbons (Fsp3) is 0.469. The number of carbonyl (C=O) groups excluding carboxylic acids is 1. The molecule has 0 unspecified atom stereocenters. The first-order valence-corrected chi connectivity index (χ1v) is 15.1. The Morgan fingerprint density at radius 1 is 0.805 bits per heavy atom. The van der Waals surface area contributed by atoms with Crippen LogP contribution in [0, 0.1) is 0 Å². The zero-order chi connectivity index (χ0) is 28.2. The van der Waals surface area contributed by atoms with Gasteiger partial charge in [0.1, 0.15) is 5.69 Å². The van der Waals surface area contributed by atoms with E-state index in [0.717, 1.165) is 56.1 Å². The molecule has 4 heterocycles. The summed E-state index contributed by atoms with van der Waals surface area (Å²) in [5.74, 6) is 0.601. The van der Waals surface area contributed by atoms with E-state index in [1.54, 1.807) is 0 Å². The van der Waals surface area contributed by atoms with Gasteiger partial charge < -0.3 is 25.8 Å². The van der Waals surface area contributed by atoms with E-state index in [4.69, 9.17) is 15.7 Å². The van der Waals surface area contributed by atoms with Crippen molar-refractivity contribution < 1.29 is 4.79 Å². The molecule has 9 heteroatoms. The first kappa shape index (κ1) is 27.5. The van der Waals surface area contributed by atoms with Gasteiger partial charge >= 0.3 is 0 Å². The number of amides is 1. The molecule has 1 aromatic heterocycles. The minimum Gasteiger partial charge on any atom is -0.371 e. The topological polar surface area (TPSA) is 93.9 Å². The molecule has 0 saturated carbocycles. The Labute approximate surface area is 243 Å². The predicted molar refractivity (Wildman–Crippen MR) is 166 cm³/mol. The van der Waals surface area contributed by atoms with Crippen LogP contribution in [0.4, 0.5) is 23.0 Å². The maximum atomic E-state index is 12.6. The van der Waals surface area contributed by atoms with Crippen molar-refractivity contribution in [1.82, 2.24) is 19.8 Å². The van der Waals surface area contributed by atoms with Crippen molar-refractivity contribution in [3.63, 3.8) is 0 Å². The number of primary amides is 1. The van der Waals surface area contributed by atoms with Gasteiger partial charge in [-0.1, -0.05) is 30.3 Å². The summed E-state index contributed by atoms with van der Waals surface area (Å²) < 4.78 is 0. The lowest BCUT2D eigenvalue weighted by Crippen LogP contribution is -2.52. The van der Waals surface area contributed by atoms with Crippen molar-refractivity contribution in [1.29, 1.82) is 0 Å². The molecule has 2 aromatic carbocycles. The highest BCUT2D eigenvalue weighted by atomic mass is 16.1. The Kier molecular flexibility index (Phi) is 8.34. The van der Waals surface area contributed by atoms with E-state index in [0.29, 0.717) is 17.6 Å². The zero-order valence-corrected chi connectivity index (χ0v) is 24.1. The molecule has 0 bridgehead atoms. The third kappa shape index (κ3) is 6.31. The lowest BCUT2D eigenvalue weighted by molar-refractivity contribution is 0.0982. The number of nitrogens with two attached hydrogens (primary N) is 1. The Hall–Kier alpha value is -3.69. The second-order valence-corrected chi connectivity index (χ2v) is 11.6. The van der Waals surface area contributed by atoms with Crippen LogP contribution in [-0.2, 0) is 0 Å². The third-order valence-corrected chi connectivity index (χ3v) is 8.83. The van der Waals surface area contributed by atoms with Gasteiger partial charge in [-0.3, -0.25) is 9.69 Å². The van der Waals surface area contributed by atoms with Crippen LogP contribution in [0.15, 0.2) is 54.6 Å². The van der Waals surface area contributed by atoms with Crippen molar-refractivity contribution in [3.8, 4) is 11.3 Å². The molecule has 9 nitrogen and oxygen atoms in total. The minimum absolute atomic E-state index is 0.152. The van der Waals surface area contributed by atoms with Gasteiger partial charge in [-0.15, -0.1) is 0 Å². The monoisotopic (exact) mass is 554 g/mol. The minimum atomic E-state index is -0.595. The van der Waals surface area contributed by atoms with Crippen molar-refractivity contribution in [2.75, 3.05) is 74.5 Å². The average Bonchev–Trinajstić information content (AvgIpc) is 3.02. The number of hydrogen-bond acceptors (Lipinski definition) is 8. The van der Waals surface area contributed by atoms with Crippen LogP contribution in [0.2, 0.25) is 0 Å². The van der Waals surface area contributed by atoms with Gasteiger partial charge in [0, 0.05) is 75.3 Å². The molecule has 3 aliphatic heterocycles. The molecule has 3 aliphatic rings. The van der Waals surface area contributed by atoms with Gasteiger partial charge in [0.25, 0.3) is 5.91 Å². The van der Waals surface area contributed by atoms with Gasteiger partial charge in [0.05, 0.1) is 0 Å². The molecule has 3 N–H and O–H groups in total. The first-order valence-electron chi connectivity index (χ1n) is 15.1. The van der Waals surface area contributed by atoms with Gasteiger partial charge in [0.15, 0.2) is 17.3 Å². The number of carbonyl (C=O) groups is 1. The van der Waals surface area contributed by atoms with Crippen molar-refractivity contribution in [2.45, 2.75) is 38.1 Å². The number of aromatic nitrogens is 2. The molecule has 3 fully saturated rings. The lowest BCUT2D eigenvalue weighted by Gasteiger charge is -2.42. The molecule has 3 aromatic rings. The number of benzene rings is 2. The summed E-state index contributed by atoms with van der Waals surface area (Å²) in [5.41, 5.74) is 9.69. The summed E-state index contributed by atoms with van der Waals surface area (Å²) in [4.78, 5) is 32.2. The standard InChI is InChI=1S/C32H42N8O/c1-37-20-22-39(23-21-37)27-14-18-38(19-15-27)26-12-10-25(11-13-26)34-31-29(30(33)41)35-28(24-8-4-2-5-9-24)32(36-31)40-16-6-3-7-17-40/h2,4-5,8-13,27H,3,6-7,14-23H2,1H3,(H2,33,41)(H,34,36). The fourth-order valence-corrected chi connectivity index (χ4v) is 6.37. The first-order chi connectivity index (χ1) is 20.0. The van der Waals surface area contributed by atoms with Crippen LogP contribution in [-0.4, -0.2) is 91.1 Å². The number of anilines is 4. The number of hydrogen-bond donors (Lipinski definition) is 2. The molecular weight excluding hydrogens is 512 g/mol.